The van der Waals surface area contributed by atoms with Crippen LogP contribution in [-0.2, 0) is 13.0 Å². The quantitative estimate of drug-likeness (QED) is 0.660. The van der Waals surface area contributed by atoms with Gasteiger partial charge in [0.15, 0.2) is 0 Å². The first-order valence-corrected chi connectivity index (χ1v) is 9.51. The molecule has 0 spiro atoms. The lowest BCUT2D eigenvalue weighted by atomic mass is 9.90. The van der Waals surface area contributed by atoms with Crippen molar-refractivity contribution in [2.24, 2.45) is 5.10 Å². The minimum Gasteiger partial charge on any atom is -0.489 e. The standard InChI is InChI=1S/C24H22N2O2/c27-24(26-25-23-12-6-10-19-9-4-5-11-22(19)23)20-13-15-21(16-14-20)28-17-18-7-2-1-3-8-18/h1-5,7-9,11,13-16H,6,10,12,17H2,(H,26,27). The molecule has 3 aromatic rings. The maximum atomic E-state index is 12.4. The summed E-state index contributed by atoms with van der Waals surface area (Å²) in [7, 11) is 0. The second-order valence-corrected chi connectivity index (χ2v) is 6.81. The second-order valence-electron chi connectivity index (χ2n) is 6.81. The summed E-state index contributed by atoms with van der Waals surface area (Å²) < 4.78 is 5.76. The molecule has 0 saturated carbocycles. The van der Waals surface area contributed by atoms with Crippen molar-refractivity contribution >= 4 is 11.6 Å². The van der Waals surface area contributed by atoms with Crippen molar-refractivity contribution < 1.29 is 9.53 Å². The maximum Gasteiger partial charge on any atom is 0.271 e. The summed E-state index contributed by atoms with van der Waals surface area (Å²) in [6.45, 7) is 0.499. The van der Waals surface area contributed by atoms with Gasteiger partial charge in [-0.1, -0.05) is 54.6 Å². The average molecular weight is 370 g/mol. The van der Waals surface area contributed by atoms with Gasteiger partial charge in [-0.25, -0.2) is 5.43 Å². The van der Waals surface area contributed by atoms with Crippen LogP contribution in [0.15, 0.2) is 84.0 Å². The minimum atomic E-state index is -0.217. The van der Waals surface area contributed by atoms with Crippen molar-refractivity contribution in [3.8, 4) is 5.75 Å². The molecule has 0 bridgehead atoms. The van der Waals surface area contributed by atoms with E-state index in [9.17, 15) is 4.79 Å². The number of ether oxygens (including phenoxy) is 1. The Morgan fingerprint density at radius 2 is 1.64 bits per heavy atom. The molecule has 0 fully saturated rings. The van der Waals surface area contributed by atoms with Gasteiger partial charge in [-0.15, -0.1) is 0 Å². The number of benzene rings is 3. The number of aryl methyl sites for hydroxylation is 1. The highest BCUT2D eigenvalue weighted by atomic mass is 16.5. The molecule has 0 aliphatic heterocycles. The van der Waals surface area contributed by atoms with E-state index >= 15 is 0 Å². The van der Waals surface area contributed by atoms with Crippen LogP contribution in [0.4, 0.5) is 0 Å². The number of nitrogens with zero attached hydrogens (tertiary/aromatic N) is 1. The zero-order chi connectivity index (χ0) is 19.2. The van der Waals surface area contributed by atoms with Crippen molar-refractivity contribution in [1.29, 1.82) is 0 Å². The molecule has 0 atom stereocenters. The monoisotopic (exact) mass is 370 g/mol. The predicted molar refractivity (Wildman–Crippen MR) is 111 cm³/mol. The number of carbonyl (C=O) groups excluding carboxylic acids is 1. The van der Waals surface area contributed by atoms with E-state index in [-0.39, 0.29) is 5.91 Å². The van der Waals surface area contributed by atoms with E-state index in [4.69, 9.17) is 4.74 Å². The van der Waals surface area contributed by atoms with Crippen LogP contribution in [0.5, 0.6) is 5.75 Å². The van der Waals surface area contributed by atoms with Gasteiger partial charge in [0.05, 0.1) is 5.71 Å². The predicted octanol–water partition coefficient (Wildman–Crippen LogP) is 4.74. The smallest absolute Gasteiger partial charge is 0.271 e. The Bertz CT molecular complexity index is 979. The molecular weight excluding hydrogens is 348 g/mol. The third kappa shape index (κ3) is 4.29. The van der Waals surface area contributed by atoms with Crippen molar-refractivity contribution in [2.75, 3.05) is 0 Å². The van der Waals surface area contributed by atoms with E-state index in [0.717, 1.165) is 41.9 Å². The Hall–Kier alpha value is -3.40. The molecule has 4 nitrogen and oxygen atoms in total. The van der Waals surface area contributed by atoms with Crippen LogP contribution in [0.2, 0.25) is 0 Å². The van der Waals surface area contributed by atoms with Gasteiger partial charge >= 0.3 is 0 Å². The highest BCUT2D eigenvalue weighted by Crippen LogP contribution is 2.21. The number of hydrogen-bond acceptors (Lipinski definition) is 3. The summed E-state index contributed by atoms with van der Waals surface area (Å²) in [6.07, 6.45) is 3.00. The van der Waals surface area contributed by atoms with Crippen molar-refractivity contribution in [2.45, 2.75) is 25.9 Å². The van der Waals surface area contributed by atoms with E-state index in [1.807, 2.05) is 42.5 Å². The van der Waals surface area contributed by atoms with Gasteiger partial charge in [-0.3, -0.25) is 4.79 Å². The van der Waals surface area contributed by atoms with Crippen molar-refractivity contribution in [3.05, 3.63) is 101 Å². The Morgan fingerprint density at radius 1 is 0.893 bits per heavy atom. The number of hydrazone groups is 1. The maximum absolute atomic E-state index is 12.4. The minimum absolute atomic E-state index is 0.217. The summed E-state index contributed by atoms with van der Waals surface area (Å²) in [4.78, 5) is 12.4. The number of rotatable bonds is 5. The van der Waals surface area contributed by atoms with Gasteiger partial charge in [0.1, 0.15) is 12.4 Å². The van der Waals surface area contributed by atoms with Crippen LogP contribution in [0.3, 0.4) is 0 Å². The third-order valence-electron chi connectivity index (χ3n) is 4.85. The van der Waals surface area contributed by atoms with E-state index in [0.29, 0.717) is 12.2 Å². The van der Waals surface area contributed by atoms with Gasteiger partial charge < -0.3 is 4.74 Å². The van der Waals surface area contributed by atoms with Crippen molar-refractivity contribution in [3.63, 3.8) is 0 Å². The van der Waals surface area contributed by atoms with Crippen LogP contribution in [-0.4, -0.2) is 11.6 Å². The fourth-order valence-corrected chi connectivity index (χ4v) is 3.34. The zero-order valence-corrected chi connectivity index (χ0v) is 15.6. The molecule has 3 aromatic carbocycles. The number of hydrogen-bond donors (Lipinski definition) is 1. The largest absolute Gasteiger partial charge is 0.489 e. The lowest BCUT2D eigenvalue weighted by Crippen LogP contribution is -2.22. The Morgan fingerprint density at radius 3 is 2.46 bits per heavy atom. The topological polar surface area (TPSA) is 50.7 Å². The molecule has 0 saturated heterocycles. The SMILES string of the molecule is O=C(NN=C1CCCc2ccccc21)c1ccc(OCc2ccccc2)cc1. The molecule has 0 heterocycles. The van der Waals surface area contributed by atoms with Gasteiger partial charge in [-0.05, 0) is 54.7 Å². The molecule has 1 aliphatic rings. The van der Waals surface area contributed by atoms with Gasteiger partial charge in [-0.2, -0.15) is 5.10 Å². The fraction of sp³-hybridized carbons (Fsp3) is 0.167. The summed E-state index contributed by atoms with van der Waals surface area (Å²) in [5, 5.41) is 4.39. The molecule has 28 heavy (non-hydrogen) atoms. The van der Waals surface area contributed by atoms with Gasteiger partial charge in [0.2, 0.25) is 0 Å². The molecule has 0 aromatic heterocycles. The summed E-state index contributed by atoms with van der Waals surface area (Å²) in [6, 6.07) is 25.4. The van der Waals surface area contributed by atoms with Crippen LogP contribution >= 0.6 is 0 Å². The number of nitrogens with one attached hydrogen (secondary N) is 1. The second kappa shape index (κ2) is 8.53. The van der Waals surface area contributed by atoms with Crippen LogP contribution in [0.25, 0.3) is 0 Å². The molecule has 1 aliphatic carbocycles. The Kier molecular flexibility index (Phi) is 5.48. The fourth-order valence-electron chi connectivity index (χ4n) is 3.34. The lowest BCUT2D eigenvalue weighted by molar-refractivity contribution is 0.0954. The molecule has 0 radical (unpaired) electrons. The third-order valence-corrected chi connectivity index (χ3v) is 4.85. The van der Waals surface area contributed by atoms with Gasteiger partial charge in [0.25, 0.3) is 5.91 Å². The molecule has 0 unspecified atom stereocenters. The molecule has 140 valence electrons. The first-order valence-electron chi connectivity index (χ1n) is 9.51. The molecular formula is C24H22N2O2. The summed E-state index contributed by atoms with van der Waals surface area (Å²) in [5.41, 5.74) is 7.73. The van der Waals surface area contributed by atoms with Crippen molar-refractivity contribution in [1.82, 2.24) is 5.43 Å². The Balaban J connectivity index is 1.38. The zero-order valence-electron chi connectivity index (χ0n) is 15.6. The molecule has 1 amide bonds. The molecule has 1 N–H and O–H groups in total. The van der Waals surface area contributed by atoms with Crippen LogP contribution < -0.4 is 10.2 Å². The molecule has 4 heteroatoms. The molecule has 4 rings (SSSR count). The van der Waals surface area contributed by atoms with E-state index in [1.165, 1.54) is 5.56 Å². The van der Waals surface area contributed by atoms with Gasteiger partial charge in [0, 0.05) is 11.1 Å². The van der Waals surface area contributed by atoms with E-state index in [2.05, 4.69) is 22.7 Å². The van der Waals surface area contributed by atoms with Crippen LogP contribution in [0, 0.1) is 0 Å². The highest BCUT2D eigenvalue weighted by Gasteiger charge is 2.15. The number of amides is 1. The first kappa shape index (κ1) is 18.0. The average Bonchev–Trinajstić information content (AvgIpc) is 2.77. The first-order chi connectivity index (χ1) is 13.8. The van der Waals surface area contributed by atoms with Crippen LogP contribution in [0.1, 0.15) is 39.9 Å². The number of carbonyl (C=O) groups is 1. The summed E-state index contributed by atoms with van der Waals surface area (Å²) in [5.74, 6) is 0.512. The van der Waals surface area contributed by atoms with E-state index in [1.54, 1.807) is 24.3 Å². The highest BCUT2D eigenvalue weighted by molar-refractivity contribution is 6.04. The summed E-state index contributed by atoms with van der Waals surface area (Å²) >= 11 is 0. The van der Waals surface area contributed by atoms with E-state index < -0.39 is 0 Å². The normalized spacial score (nSPS) is 14.4. The Labute approximate surface area is 164 Å². The lowest BCUT2D eigenvalue weighted by Gasteiger charge is -2.17. The number of fused-ring (bicyclic) bond motifs is 1.